The number of hydrogen-bond acceptors (Lipinski definition) is 6. The first kappa shape index (κ1) is 21.0. The molecule has 3 heterocycles. The number of halogens is 1. The summed E-state index contributed by atoms with van der Waals surface area (Å²) >= 11 is 1.65. The van der Waals surface area contributed by atoms with E-state index in [-0.39, 0.29) is 5.82 Å². The number of rotatable bonds is 6. The molecule has 0 N–H and O–H groups in total. The molecule has 7 heteroatoms. The van der Waals surface area contributed by atoms with Gasteiger partial charge in [-0.2, -0.15) is 0 Å². The van der Waals surface area contributed by atoms with Crippen LogP contribution in [0.5, 0.6) is 0 Å². The van der Waals surface area contributed by atoms with Crippen LogP contribution >= 0.6 is 11.3 Å². The minimum atomic E-state index is -0.224. The fourth-order valence-electron chi connectivity index (χ4n) is 4.04. The molecule has 1 fully saturated rings. The molecule has 0 radical (unpaired) electrons. The quantitative estimate of drug-likeness (QED) is 0.417. The second-order valence-electron chi connectivity index (χ2n) is 8.03. The van der Waals surface area contributed by atoms with Gasteiger partial charge in [-0.15, -0.1) is 11.3 Å². The topological polar surface area (TPSA) is 41.5 Å². The Morgan fingerprint density at radius 1 is 1.03 bits per heavy atom. The lowest BCUT2D eigenvalue weighted by molar-refractivity contribution is 0.0331. The molecule has 4 aromatic rings. The summed E-state index contributed by atoms with van der Waals surface area (Å²) in [5.74, 6) is 1.50. The van der Waals surface area contributed by atoms with Crippen LogP contribution in [0.1, 0.15) is 11.4 Å². The molecule has 0 aliphatic carbocycles. The van der Waals surface area contributed by atoms with E-state index in [0.29, 0.717) is 13.1 Å². The van der Waals surface area contributed by atoms with Crippen molar-refractivity contribution in [2.75, 3.05) is 38.3 Å². The summed E-state index contributed by atoms with van der Waals surface area (Å²) in [5.41, 5.74) is 3.33. The molecule has 1 aliphatic heterocycles. The molecule has 5 nitrogen and oxygen atoms in total. The third kappa shape index (κ3) is 4.50. The Morgan fingerprint density at radius 3 is 2.53 bits per heavy atom. The van der Waals surface area contributed by atoms with E-state index in [2.05, 4.69) is 27.3 Å². The van der Waals surface area contributed by atoms with Crippen molar-refractivity contribution in [2.24, 2.45) is 0 Å². The summed E-state index contributed by atoms with van der Waals surface area (Å²) < 4.78 is 18.9. The fraction of sp³-hybridized carbons (Fsp3) is 0.280. The molecule has 164 valence electrons. The van der Waals surface area contributed by atoms with Crippen molar-refractivity contribution in [3.8, 4) is 11.1 Å². The highest BCUT2D eigenvalue weighted by Gasteiger charge is 2.20. The highest BCUT2D eigenvalue weighted by atomic mass is 32.1. The molecular formula is C25H25FN4OS. The van der Waals surface area contributed by atoms with E-state index in [1.54, 1.807) is 11.3 Å². The third-order valence-corrected chi connectivity index (χ3v) is 6.58. The average molecular weight is 449 g/mol. The molecular weight excluding hydrogens is 423 g/mol. The van der Waals surface area contributed by atoms with Gasteiger partial charge in [-0.1, -0.05) is 42.5 Å². The van der Waals surface area contributed by atoms with Gasteiger partial charge in [0.1, 0.15) is 22.3 Å². The Balaban J connectivity index is 1.55. The number of morpholine rings is 1. The molecule has 0 atom stereocenters. The Kier molecular flexibility index (Phi) is 6.12. The molecule has 32 heavy (non-hydrogen) atoms. The van der Waals surface area contributed by atoms with Crippen LogP contribution in [-0.4, -0.2) is 48.2 Å². The molecule has 0 spiro atoms. The van der Waals surface area contributed by atoms with Crippen molar-refractivity contribution in [1.82, 2.24) is 14.9 Å². The molecule has 1 aliphatic rings. The Bertz CT molecular complexity index is 1190. The van der Waals surface area contributed by atoms with Crippen LogP contribution in [0, 0.1) is 5.82 Å². The normalized spacial score (nSPS) is 14.7. The van der Waals surface area contributed by atoms with E-state index in [1.807, 2.05) is 37.4 Å². The van der Waals surface area contributed by atoms with Crippen LogP contribution in [0.25, 0.3) is 21.3 Å². The smallest absolute Gasteiger partial charge is 0.146 e. The minimum absolute atomic E-state index is 0.224. The Labute approximate surface area is 191 Å². The van der Waals surface area contributed by atoms with Gasteiger partial charge >= 0.3 is 0 Å². The molecule has 5 rings (SSSR count). The van der Waals surface area contributed by atoms with Crippen LogP contribution in [0.3, 0.4) is 0 Å². The number of aromatic nitrogens is 2. The predicted molar refractivity (Wildman–Crippen MR) is 127 cm³/mol. The second-order valence-corrected chi connectivity index (χ2v) is 8.89. The van der Waals surface area contributed by atoms with Crippen LogP contribution < -0.4 is 4.90 Å². The zero-order valence-corrected chi connectivity index (χ0v) is 18.8. The van der Waals surface area contributed by atoms with Crippen molar-refractivity contribution in [3.63, 3.8) is 0 Å². The molecule has 0 amide bonds. The maximum absolute atomic E-state index is 13.4. The molecule has 2 aromatic carbocycles. The summed E-state index contributed by atoms with van der Waals surface area (Å²) in [6.07, 6.45) is 0. The number of fused-ring (bicyclic) bond motifs is 1. The summed E-state index contributed by atoms with van der Waals surface area (Å²) in [6.45, 7) is 4.61. The van der Waals surface area contributed by atoms with E-state index in [4.69, 9.17) is 14.7 Å². The first-order valence-electron chi connectivity index (χ1n) is 10.8. The van der Waals surface area contributed by atoms with Crippen molar-refractivity contribution < 1.29 is 9.13 Å². The first-order valence-corrected chi connectivity index (χ1v) is 11.6. The highest BCUT2D eigenvalue weighted by Crippen LogP contribution is 2.38. The molecule has 1 saturated heterocycles. The van der Waals surface area contributed by atoms with Gasteiger partial charge in [0, 0.05) is 37.6 Å². The summed E-state index contributed by atoms with van der Waals surface area (Å²) in [5, 5.41) is 3.24. The second kappa shape index (κ2) is 9.32. The van der Waals surface area contributed by atoms with E-state index in [9.17, 15) is 4.39 Å². The first-order chi connectivity index (χ1) is 15.7. The zero-order valence-electron chi connectivity index (χ0n) is 18.0. The van der Waals surface area contributed by atoms with Gasteiger partial charge in [0.2, 0.25) is 0 Å². The van der Waals surface area contributed by atoms with Crippen LogP contribution in [0.15, 0.2) is 60.0 Å². The van der Waals surface area contributed by atoms with E-state index in [0.717, 1.165) is 64.9 Å². The van der Waals surface area contributed by atoms with Gasteiger partial charge < -0.3 is 9.64 Å². The maximum Gasteiger partial charge on any atom is 0.146 e. The largest absolute Gasteiger partial charge is 0.379 e. The Hall–Kier alpha value is -2.87. The highest BCUT2D eigenvalue weighted by molar-refractivity contribution is 7.17. The van der Waals surface area contributed by atoms with Gasteiger partial charge in [-0.05, 0) is 23.3 Å². The lowest BCUT2D eigenvalue weighted by Crippen LogP contribution is -2.36. The summed E-state index contributed by atoms with van der Waals surface area (Å²) in [6, 6.07) is 17.0. The van der Waals surface area contributed by atoms with Gasteiger partial charge in [0.15, 0.2) is 0 Å². The van der Waals surface area contributed by atoms with Crippen molar-refractivity contribution in [2.45, 2.75) is 13.1 Å². The van der Waals surface area contributed by atoms with Gasteiger partial charge in [-0.3, -0.25) is 4.90 Å². The average Bonchev–Trinajstić information content (AvgIpc) is 3.25. The van der Waals surface area contributed by atoms with Gasteiger partial charge in [-0.25, -0.2) is 14.4 Å². The fourth-order valence-corrected chi connectivity index (χ4v) is 5.00. The predicted octanol–water partition coefficient (Wildman–Crippen LogP) is 4.97. The molecule has 0 unspecified atom stereocenters. The lowest BCUT2D eigenvalue weighted by atomic mass is 10.1. The maximum atomic E-state index is 13.4. The van der Waals surface area contributed by atoms with Crippen molar-refractivity contribution >= 4 is 27.4 Å². The van der Waals surface area contributed by atoms with Gasteiger partial charge in [0.05, 0.1) is 25.1 Å². The number of anilines is 1. The monoisotopic (exact) mass is 448 g/mol. The SMILES string of the molecule is CN(Cc1ccc(F)cc1)c1nc(CN2CCOCC2)nc2scc(-c3ccccc3)c12. The van der Waals surface area contributed by atoms with Crippen molar-refractivity contribution in [3.05, 3.63) is 77.2 Å². The third-order valence-electron chi connectivity index (χ3n) is 5.71. The number of ether oxygens (including phenoxy) is 1. The standard InChI is InChI=1S/C25H25FN4OS/c1-29(15-18-7-9-20(26)10-8-18)24-23-21(19-5-3-2-4-6-19)17-32-25(23)28-22(27-24)16-30-11-13-31-14-12-30/h2-10,17H,11-16H2,1H3. The number of thiophene rings is 1. The van der Waals surface area contributed by atoms with Crippen LogP contribution in [-0.2, 0) is 17.8 Å². The number of nitrogens with zero attached hydrogens (tertiary/aromatic N) is 4. The lowest BCUT2D eigenvalue weighted by Gasteiger charge is -2.26. The van der Waals surface area contributed by atoms with Crippen molar-refractivity contribution in [1.29, 1.82) is 0 Å². The van der Waals surface area contributed by atoms with Crippen LogP contribution in [0.4, 0.5) is 10.2 Å². The Morgan fingerprint density at radius 2 is 1.78 bits per heavy atom. The molecule has 0 saturated carbocycles. The molecule has 2 aromatic heterocycles. The van der Waals surface area contributed by atoms with E-state index >= 15 is 0 Å². The summed E-state index contributed by atoms with van der Waals surface area (Å²) in [7, 11) is 2.04. The van der Waals surface area contributed by atoms with E-state index < -0.39 is 0 Å². The number of benzene rings is 2. The molecule has 0 bridgehead atoms. The summed E-state index contributed by atoms with van der Waals surface area (Å²) in [4.78, 5) is 15.4. The number of hydrogen-bond donors (Lipinski definition) is 0. The minimum Gasteiger partial charge on any atom is -0.379 e. The van der Waals surface area contributed by atoms with Crippen LogP contribution in [0.2, 0.25) is 0 Å². The van der Waals surface area contributed by atoms with Gasteiger partial charge in [0.25, 0.3) is 0 Å². The van der Waals surface area contributed by atoms with E-state index in [1.165, 1.54) is 12.1 Å². The zero-order chi connectivity index (χ0) is 21.9.